The molecule has 10 heteroatoms. The minimum Gasteiger partial charge on any atom is -0.382 e. The van der Waals surface area contributed by atoms with Gasteiger partial charge in [-0.25, -0.2) is 4.98 Å². The molecule has 0 unspecified atom stereocenters. The average Bonchev–Trinajstić information content (AvgIpc) is 2.77. The molecule has 0 spiro atoms. The number of nitrogen functional groups attached to an aromatic ring is 2. The topological polar surface area (TPSA) is 149 Å². The maximum atomic E-state index is 13.6. The van der Waals surface area contributed by atoms with Crippen LogP contribution in [0.25, 0.3) is 16.6 Å². The molecule has 0 saturated carbocycles. The third-order valence-corrected chi connectivity index (χ3v) is 5.30. The van der Waals surface area contributed by atoms with Gasteiger partial charge in [0, 0.05) is 0 Å². The summed E-state index contributed by atoms with van der Waals surface area (Å²) in [6, 6.07) is 15.7. The van der Waals surface area contributed by atoms with Crippen LogP contribution in [0.5, 0.6) is 0 Å². The molecule has 160 valence electrons. The van der Waals surface area contributed by atoms with E-state index in [4.69, 9.17) is 28.1 Å². The smallest absolute Gasteiger partial charge is 0.267 e. The molecule has 0 bridgehead atoms. The molecule has 2 aromatic heterocycles. The highest BCUT2D eigenvalue weighted by Gasteiger charge is 2.23. The lowest BCUT2D eigenvalue weighted by atomic mass is 10.1. The van der Waals surface area contributed by atoms with Gasteiger partial charge in [0.05, 0.1) is 27.7 Å². The van der Waals surface area contributed by atoms with Gasteiger partial charge in [-0.15, -0.1) is 0 Å². The molecule has 0 amide bonds. The van der Waals surface area contributed by atoms with Crippen molar-refractivity contribution in [2.75, 3.05) is 16.8 Å². The summed E-state index contributed by atoms with van der Waals surface area (Å²) in [4.78, 5) is 26.3. The van der Waals surface area contributed by atoms with Crippen molar-refractivity contribution >= 4 is 40.1 Å². The monoisotopic (exact) mass is 446 g/mol. The lowest BCUT2D eigenvalue weighted by Gasteiger charge is -2.23. The van der Waals surface area contributed by atoms with Crippen molar-refractivity contribution in [3.63, 3.8) is 0 Å². The summed E-state index contributed by atoms with van der Waals surface area (Å²) in [7, 11) is 0. The highest BCUT2D eigenvalue weighted by Crippen LogP contribution is 2.28. The van der Waals surface area contributed by atoms with Crippen molar-refractivity contribution in [2.45, 2.75) is 19.4 Å². The molecule has 9 nitrogen and oxygen atoms in total. The van der Waals surface area contributed by atoms with E-state index in [2.05, 4.69) is 15.3 Å². The first-order chi connectivity index (χ1) is 15.4. The van der Waals surface area contributed by atoms with Crippen LogP contribution in [0.15, 0.2) is 53.3 Å². The normalized spacial score (nSPS) is 11.8. The molecule has 2 aromatic carbocycles. The Labute approximate surface area is 188 Å². The summed E-state index contributed by atoms with van der Waals surface area (Å²) in [5, 5.41) is 13.3. The molecule has 0 fully saturated rings. The van der Waals surface area contributed by atoms with Gasteiger partial charge in [-0.05, 0) is 30.7 Å². The first kappa shape index (κ1) is 21.1. The predicted octanol–water partition coefficient (Wildman–Crippen LogP) is 3.43. The zero-order chi connectivity index (χ0) is 22.8. The number of halogens is 1. The van der Waals surface area contributed by atoms with Crippen molar-refractivity contribution in [1.82, 2.24) is 19.5 Å². The number of nitriles is 1. The minimum absolute atomic E-state index is 0.0314. The maximum Gasteiger partial charge on any atom is 0.267 e. The molecular formula is C22H19ClN8O. The fourth-order valence-electron chi connectivity index (χ4n) is 3.49. The van der Waals surface area contributed by atoms with Gasteiger partial charge in [-0.3, -0.25) is 9.36 Å². The second-order valence-electron chi connectivity index (χ2n) is 6.99. The molecule has 1 atom stereocenters. The van der Waals surface area contributed by atoms with E-state index in [0.717, 1.165) is 0 Å². The number of nitrogens with zero attached hydrogens (tertiary/aromatic N) is 5. The van der Waals surface area contributed by atoms with E-state index in [1.54, 1.807) is 18.2 Å². The first-order valence-corrected chi connectivity index (χ1v) is 10.2. The van der Waals surface area contributed by atoms with Crippen LogP contribution in [-0.4, -0.2) is 19.5 Å². The number of para-hydroxylation sites is 1. The maximum absolute atomic E-state index is 13.6. The highest BCUT2D eigenvalue weighted by atomic mass is 35.5. The van der Waals surface area contributed by atoms with E-state index in [1.165, 1.54) is 4.57 Å². The molecule has 0 aliphatic heterocycles. The second-order valence-corrected chi connectivity index (χ2v) is 7.39. The lowest BCUT2D eigenvalue weighted by Crippen LogP contribution is -2.28. The SMILES string of the molecule is CC[C@H](Nc1nc(N)nc(N)c1C#N)c1nc2cccc(Cl)c2c(=O)n1-c1ccccc1. The standard InChI is InChI=1S/C22H19ClN8O/c1-2-15(27-19-13(11-24)18(25)29-22(26)30-19)20-28-16-10-6-9-14(23)17(16)21(32)31(20)12-7-4-3-5-8-12/h3-10,15H,2H2,1H3,(H5,25,26,27,29,30)/t15-/m0/s1. The van der Waals surface area contributed by atoms with Crippen LogP contribution >= 0.6 is 11.6 Å². The molecule has 0 aliphatic carbocycles. The summed E-state index contributed by atoms with van der Waals surface area (Å²) in [5.74, 6) is 0.496. The second kappa shape index (κ2) is 8.53. The Kier molecular flexibility index (Phi) is 5.62. The Balaban J connectivity index is 1.97. The number of nitrogens with one attached hydrogen (secondary N) is 1. The quantitative estimate of drug-likeness (QED) is 0.422. The fraction of sp³-hybridized carbons (Fsp3) is 0.136. The van der Waals surface area contributed by atoms with Gasteiger partial charge in [-0.1, -0.05) is 42.8 Å². The molecule has 0 aliphatic rings. The summed E-state index contributed by atoms with van der Waals surface area (Å²) >= 11 is 6.34. The van der Waals surface area contributed by atoms with Gasteiger partial charge < -0.3 is 16.8 Å². The van der Waals surface area contributed by atoms with Gasteiger partial charge in [-0.2, -0.15) is 15.2 Å². The van der Waals surface area contributed by atoms with E-state index in [9.17, 15) is 10.1 Å². The summed E-state index contributed by atoms with van der Waals surface area (Å²) in [5.41, 5.74) is 12.4. The number of benzene rings is 2. The third-order valence-electron chi connectivity index (χ3n) is 4.98. The van der Waals surface area contributed by atoms with Gasteiger partial charge in [0.2, 0.25) is 5.95 Å². The van der Waals surface area contributed by atoms with E-state index >= 15 is 0 Å². The van der Waals surface area contributed by atoms with Crippen LogP contribution < -0.4 is 22.3 Å². The average molecular weight is 447 g/mol. The summed E-state index contributed by atoms with van der Waals surface area (Å²) in [6.07, 6.45) is 0.514. The van der Waals surface area contributed by atoms with Crippen molar-refractivity contribution in [2.24, 2.45) is 0 Å². The van der Waals surface area contributed by atoms with E-state index in [-0.39, 0.29) is 28.7 Å². The Bertz CT molecular complexity index is 1410. The lowest BCUT2D eigenvalue weighted by molar-refractivity contribution is 0.658. The van der Waals surface area contributed by atoms with E-state index in [1.807, 2.05) is 43.3 Å². The Morgan fingerprint density at radius 1 is 1.12 bits per heavy atom. The van der Waals surface area contributed by atoms with Crippen molar-refractivity contribution < 1.29 is 0 Å². The molecule has 0 radical (unpaired) electrons. The van der Waals surface area contributed by atoms with Crippen LogP contribution in [0.4, 0.5) is 17.6 Å². The largest absolute Gasteiger partial charge is 0.382 e. The first-order valence-electron chi connectivity index (χ1n) is 9.80. The molecule has 2 heterocycles. The number of aromatic nitrogens is 4. The number of hydrogen-bond acceptors (Lipinski definition) is 8. The zero-order valence-electron chi connectivity index (χ0n) is 17.1. The summed E-state index contributed by atoms with van der Waals surface area (Å²) < 4.78 is 1.51. The van der Waals surface area contributed by atoms with Crippen LogP contribution in [0.3, 0.4) is 0 Å². The number of hydrogen-bond donors (Lipinski definition) is 3. The third kappa shape index (κ3) is 3.68. The van der Waals surface area contributed by atoms with Gasteiger partial charge >= 0.3 is 0 Å². The van der Waals surface area contributed by atoms with Crippen molar-refractivity contribution in [3.8, 4) is 11.8 Å². The Morgan fingerprint density at radius 2 is 1.88 bits per heavy atom. The predicted molar refractivity (Wildman–Crippen MR) is 125 cm³/mol. The zero-order valence-corrected chi connectivity index (χ0v) is 17.8. The van der Waals surface area contributed by atoms with Crippen LogP contribution in [0.1, 0.15) is 30.8 Å². The highest BCUT2D eigenvalue weighted by molar-refractivity contribution is 6.35. The molecule has 32 heavy (non-hydrogen) atoms. The molecular weight excluding hydrogens is 428 g/mol. The summed E-state index contributed by atoms with van der Waals surface area (Å²) in [6.45, 7) is 1.92. The molecule has 0 saturated heterocycles. The Hall–Kier alpha value is -4.16. The van der Waals surface area contributed by atoms with E-state index < -0.39 is 6.04 Å². The minimum atomic E-state index is -0.507. The van der Waals surface area contributed by atoms with Crippen LogP contribution in [0, 0.1) is 11.3 Å². The Morgan fingerprint density at radius 3 is 2.56 bits per heavy atom. The van der Waals surface area contributed by atoms with Crippen molar-refractivity contribution in [3.05, 3.63) is 75.3 Å². The number of rotatable bonds is 5. The number of nitrogens with two attached hydrogens (primary N) is 2. The molecule has 4 rings (SSSR count). The van der Waals surface area contributed by atoms with Gasteiger partial charge in [0.15, 0.2) is 5.82 Å². The van der Waals surface area contributed by atoms with Crippen molar-refractivity contribution in [1.29, 1.82) is 5.26 Å². The van der Waals surface area contributed by atoms with E-state index in [0.29, 0.717) is 33.9 Å². The van der Waals surface area contributed by atoms with Crippen LogP contribution in [0.2, 0.25) is 5.02 Å². The van der Waals surface area contributed by atoms with Crippen LogP contribution in [-0.2, 0) is 0 Å². The van der Waals surface area contributed by atoms with Gasteiger partial charge in [0.1, 0.15) is 23.3 Å². The number of anilines is 3. The fourth-order valence-corrected chi connectivity index (χ4v) is 3.74. The van der Waals surface area contributed by atoms with Gasteiger partial charge in [0.25, 0.3) is 5.56 Å². The number of fused-ring (bicyclic) bond motifs is 1. The molecule has 4 aromatic rings. The molecule has 5 N–H and O–H groups in total.